The maximum absolute atomic E-state index is 12.3. The van der Waals surface area contributed by atoms with E-state index in [1.165, 1.54) is 13.1 Å². The lowest BCUT2D eigenvalue weighted by molar-refractivity contribution is 0.0982. The summed E-state index contributed by atoms with van der Waals surface area (Å²) in [5, 5.41) is 5.04. The van der Waals surface area contributed by atoms with E-state index in [1.807, 2.05) is 24.4 Å². The second-order valence-corrected chi connectivity index (χ2v) is 15.6. The third-order valence-corrected chi connectivity index (χ3v) is 9.82. The van der Waals surface area contributed by atoms with Crippen molar-refractivity contribution in [3.05, 3.63) is 59.4 Å². The molecule has 1 aliphatic carbocycles. The van der Waals surface area contributed by atoms with E-state index in [9.17, 15) is 4.21 Å². The molecule has 12 heteroatoms. The molecule has 7 rings (SSSR count). The molecule has 0 radical (unpaired) electrons. The van der Waals surface area contributed by atoms with Crippen molar-refractivity contribution < 1.29 is 4.21 Å². The van der Waals surface area contributed by atoms with Crippen LogP contribution in [-0.2, 0) is 9.73 Å². The van der Waals surface area contributed by atoms with Crippen LogP contribution in [-0.4, -0.2) is 98.4 Å². The van der Waals surface area contributed by atoms with Crippen molar-refractivity contribution in [2.75, 3.05) is 69.0 Å². The molecule has 5 heterocycles. The molecular formula is C32H40ClN9OS. The highest BCUT2D eigenvalue weighted by Gasteiger charge is 2.30. The zero-order valence-electron chi connectivity index (χ0n) is 25.6. The minimum atomic E-state index is -2.33. The first-order chi connectivity index (χ1) is 21.2. The van der Waals surface area contributed by atoms with Crippen molar-refractivity contribution >= 4 is 55.5 Å². The van der Waals surface area contributed by atoms with Crippen molar-refractivity contribution in [1.29, 1.82) is 0 Å². The van der Waals surface area contributed by atoms with Crippen LogP contribution in [0.15, 0.2) is 53.0 Å². The second kappa shape index (κ2) is 11.9. The van der Waals surface area contributed by atoms with Crippen LogP contribution in [0.4, 0.5) is 23.1 Å². The molecule has 3 aromatic heterocycles. The molecule has 1 aromatic carbocycles. The molecular weight excluding hydrogens is 594 g/mol. The Morgan fingerprint density at radius 1 is 0.955 bits per heavy atom. The average molecular weight is 634 g/mol. The number of hydrogen-bond donors (Lipinski definition) is 1. The lowest BCUT2D eigenvalue weighted by Gasteiger charge is -2.42. The van der Waals surface area contributed by atoms with E-state index in [4.69, 9.17) is 21.6 Å². The number of nitrogens with one attached hydrogen (secondary N) is 1. The number of pyridine rings is 1. The minimum Gasteiger partial charge on any atom is -0.370 e. The largest absolute Gasteiger partial charge is 0.370 e. The van der Waals surface area contributed by atoms with E-state index in [0.717, 1.165) is 85.0 Å². The van der Waals surface area contributed by atoms with E-state index < -0.39 is 9.73 Å². The van der Waals surface area contributed by atoms with Gasteiger partial charge in [-0.2, -0.15) is 9.35 Å². The molecule has 1 N–H and O–H groups in total. The zero-order chi connectivity index (χ0) is 30.4. The molecule has 10 nitrogen and oxygen atoms in total. The molecule has 1 saturated carbocycles. The second-order valence-electron chi connectivity index (χ2n) is 12.6. The molecule has 4 aromatic rings. The summed E-state index contributed by atoms with van der Waals surface area (Å²) in [6.45, 7) is 6.68. The summed E-state index contributed by atoms with van der Waals surface area (Å²) < 4.78 is 18.7. The predicted molar refractivity (Wildman–Crippen MR) is 180 cm³/mol. The maximum Gasteiger partial charge on any atom is 0.229 e. The molecule has 44 heavy (non-hydrogen) atoms. The number of likely N-dealkylation sites (N-methyl/N-ethyl adjacent to an activating group) is 1. The molecule has 0 spiro atoms. The van der Waals surface area contributed by atoms with Gasteiger partial charge >= 0.3 is 0 Å². The Morgan fingerprint density at radius 2 is 1.73 bits per heavy atom. The summed E-state index contributed by atoms with van der Waals surface area (Å²) in [6, 6.07) is 14.6. The van der Waals surface area contributed by atoms with Gasteiger partial charge in [-0.3, -0.25) is 9.47 Å². The monoisotopic (exact) mass is 633 g/mol. The van der Waals surface area contributed by atoms with Gasteiger partial charge in [0.25, 0.3) is 0 Å². The highest BCUT2D eigenvalue weighted by molar-refractivity contribution is 7.92. The Balaban J connectivity index is 1.10. The van der Waals surface area contributed by atoms with Crippen molar-refractivity contribution in [3.8, 4) is 5.82 Å². The number of piperidine rings is 1. The zero-order valence-corrected chi connectivity index (χ0v) is 27.2. The molecule has 0 amide bonds. The molecule has 0 unspecified atom stereocenters. The number of benzene rings is 1. The summed E-state index contributed by atoms with van der Waals surface area (Å²) in [7, 11) is -0.123. The van der Waals surface area contributed by atoms with Crippen molar-refractivity contribution in [2.24, 2.45) is 4.36 Å². The molecule has 2 aliphatic heterocycles. The first-order valence-electron chi connectivity index (χ1n) is 15.5. The summed E-state index contributed by atoms with van der Waals surface area (Å²) >= 11 is 6.86. The van der Waals surface area contributed by atoms with E-state index in [0.29, 0.717) is 29.5 Å². The van der Waals surface area contributed by atoms with Crippen LogP contribution in [0.2, 0.25) is 5.02 Å². The smallest absolute Gasteiger partial charge is 0.229 e. The fourth-order valence-electron chi connectivity index (χ4n) is 6.43. The topological polar surface area (TPSA) is 94.8 Å². The summed E-state index contributed by atoms with van der Waals surface area (Å²) in [6.07, 6.45) is 9.68. The lowest BCUT2D eigenvalue weighted by atomic mass is 10.0. The molecule has 2 saturated heterocycles. The summed E-state index contributed by atoms with van der Waals surface area (Å²) in [4.78, 5) is 21.8. The number of nitrogens with zero attached hydrogens (tertiary/aromatic N) is 8. The highest BCUT2D eigenvalue weighted by Crippen LogP contribution is 2.43. The Labute approximate surface area is 264 Å². The molecule has 3 fully saturated rings. The highest BCUT2D eigenvalue weighted by atomic mass is 35.5. The number of hydrogen-bond acceptors (Lipinski definition) is 9. The molecule has 3 aliphatic rings. The van der Waals surface area contributed by atoms with Crippen LogP contribution in [0, 0.1) is 0 Å². The number of aromatic nitrogens is 4. The molecule has 232 valence electrons. The van der Waals surface area contributed by atoms with Gasteiger partial charge in [-0.05, 0) is 75.0 Å². The SMILES string of the molecule is CN1CCN(C2CCN(c3ccc(Nc4ncc5cc(C6CC6)n(-c6cccc(N=S(C)(C)=O)n6)c5n4)cc3Cl)CC2)CC1. The van der Waals surface area contributed by atoms with Gasteiger partial charge < -0.3 is 15.1 Å². The Kier molecular flexibility index (Phi) is 7.98. The maximum atomic E-state index is 12.3. The van der Waals surface area contributed by atoms with Crippen LogP contribution < -0.4 is 10.2 Å². The molecule has 0 atom stereocenters. The molecule has 0 bridgehead atoms. The van der Waals surface area contributed by atoms with E-state index in [2.05, 4.69) is 59.2 Å². The van der Waals surface area contributed by atoms with Gasteiger partial charge in [-0.15, -0.1) is 0 Å². The van der Waals surface area contributed by atoms with Gasteiger partial charge in [0.1, 0.15) is 5.82 Å². The Bertz CT molecular complexity index is 1790. The van der Waals surface area contributed by atoms with Crippen LogP contribution in [0.5, 0.6) is 0 Å². The number of halogens is 1. The van der Waals surface area contributed by atoms with Crippen molar-refractivity contribution in [1.82, 2.24) is 29.3 Å². The number of fused-ring (bicyclic) bond motifs is 1. The van der Waals surface area contributed by atoms with E-state index in [1.54, 1.807) is 18.6 Å². The summed E-state index contributed by atoms with van der Waals surface area (Å²) in [5.41, 5.74) is 3.85. The predicted octanol–water partition coefficient (Wildman–Crippen LogP) is 5.67. The van der Waals surface area contributed by atoms with Crippen LogP contribution in [0.3, 0.4) is 0 Å². The van der Waals surface area contributed by atoms with Crippen LogP contribution >= 0.6 is 11.6 Å². The first kappa shape index (κ1) is 29.5. The van der Waals surface area contributed by atoms with Crippen molar-refractivity contribution in [3.63, 3.8) is 0 Å². The summed E-state index contributed by atoms with van der Waals surface area (Å²) in [5.74, 6) is 2.11. The number of piperazine rings is 1. The van der Waals surface area contributed by atoms with Crippen molar-refractivity contribution in [2.45, 2.75) is 37.6 Å². The van der Waals surface area contributed by atoms with Gasteiger partial charge in [-0.1, -0.05) is 17.7 Å². The van der Waals surface area contributed by atoms with Gasteiger partial charge in [0.15, 0.2) is 11.5 Å². The quantitative estimate of drug-likeness (QED) is 0.278. The third-order valence-electron chi connectivity index (χ3n) is 8.89. The normalized spacial score (nSPS) is 19.0. The third kappa shape index (κ3) is 6.42. The van der Waals surface area contributed by atoms with E-state index in [-0.39, 0.29) is 0 Å². The van der Waals surface area contributed by atoms with Gasteiger partial charge in [-0.25, -0.2) is 14.2 Å². The number of anilines is 3. The lowest BCUT2D eigenvalue weighted by Crippen LogP contribution is -2.52. The average Bonchev–Trinajstić information content (AvgIpc) is 3.77. The number of rotatable bonds is 7. The van der Waals surface area contributed by atoms with Crippen LogP contribution in [0.1, 0.15) is 37.3 Å². The minimum absolute atomic E-state index is 0.451. The Hall–Kier alpha value is -3.25. The first-order valence-corrected chi connectivity index (χ1v) is 18.2. The Morgan fingerprint density at radius 3 is 2.43 bits per heavy atom. The fourth-order valence-corrected chi connectivity index (χ4v) is 7.28. The van der Waals surface area contributed by atoms with Gasteiger partial charge in [0.05, 0.1) is 10.7 Å². The van der Waals surface area contributed by atoms with Gasteiger partial charge in [0, 0.05) is 90.5 Å². The van der Waals surface area contributed by atoms with E-state index >= 15 is 0 Å². The van der Waals surface area contributed by atoms with Crippen LogP contribution in [0.25, 0.3) is 16.9 Å². The van der Waals surface area contributed by atoms with Gasteiger partial charge in [0.2, 0.25) is 5.95 Å². The fraction of sp³-hybridized carbons (Fsp3) is 0.469. The standard InChI is InChI=1S/C32H40ClN9OS/c1-39-15-17-40(18-16-39)25-11-13-41(14-12-25)27-10-9-24(20-26(27)33)35-32-34-21-23-19-28(22-7-8-22)42(31(23)37-32)30-6-4-5-29(36-30)38-44(2,3)43/h4-6,9-10,19-22,25H,7-8,11-18H2,1-3H3,(H,34,35,37).